The second-order valence-corrected chi connectivity index (χ2v) is 3.89. The van der Waals surface area contributed by atoms with Gasteiger partial charge < -0.3 is 4.74 Å². The summed E-state index contributed by atoms with van der Waals surface area (Å²) >= 11 is 2.29. The first-order valence-electron chi connectivity index (χ1n) is 1.99. The number of hydrogen-bond donors (Lipinski definition) is 0. The summed E-state index contributed by atoms with van der Waals surface area (Å²) in [4.78, 5) is 0. The second kappa shape index (κ2) is 1.10. The third-order valence-electron chi connectivity index (χ3n) is 1.08. The Morgan fingerprint density at radius 3 is 2.00 bits per heavy atom. The van der Waals surface area contributed by atoms with Gasteiger partial charge in [0.05, 0.1) is 6.10 Å². The molecule has 2 atom stereocenters. The van der Waals surface area contributed by atoms with Crippen LogP contribution in [0, 0.1) is 0 Å². The van der Waals surface area contributed by atoms with Gasteiger partial charge in [0, 0.05) is 0 Å². The van der Waals surface area contributed by atoms with E-state index in [-0.39, 0.29) is 3.61 Å². The van der Waals surface area contributed by atoms with E-state index in [4.69, 9.17) is 4.74 Å². The van der Waals surface area contributed by atoms with Gasteiger partial charge in [-0.05, 0) is 36.4 Å². The van der Waals surface area contributed by atoms with Gasteiger partial charge in [-0.1, -0.05) is 0 Å². The van der Waals surface area contributed by atoms with E-state index >= 15 is 0 Å². The first-order chi connectivity index (χ1) is 2.63. The summed E-state index contributed by atoms with van der Waals surface area (Å²) in [7, 11) is 0. The number of halogens is 1. The molecule has 0 aromatic rings. The van der Waals surface area contributed by atoms with E-state index in [1.165, 1.54) is 0 Å². The molecule has 0 aromatic carbocycles. The van der Waals surface area contributed by atoms with Gasteiger partial charge in [0.15, 0.2) is 0 Å². The van der Waals surface area contributed by atoms with Crippen molar-refractivity contribution in [1.82, 2.24) is 0 Å². The summed E-state index contributed by atoms with van der Waals surface area (Å²) in [6.45, 7) is 4.16. The third-order valence-corrected chi connectivity index (χ3v) is 2.21. The summed E-state index contributed by atoms with van der Waals surface area (Å²) in [5.74, 6) is 0. The van der Waals surface area contributed by atoms with Crippen molar-refractivity contribution in [3.05, 3.63) is 0 Å². The number of rotatable bonds is 0. The van der Waals surface area contributed by atoms with Crippen LogP contribution in [0.3, 0.4) is 0 Å². The molecule has 1 aliphatic heterocycles. The Bertz CT molecular complexity index is 69.9. The number of epoxide rings is 1. The van der Waals surface area contributed by atoms with Crippen molar-refractivity contribution in [3.63, 3.8) is 0 Å². The lowest BCUT2D eigenvalue weighted by Crippen LogP contribution is -1.91. The highest BCUT2D eigenvalue weighted by atomic mass is 127. The van der Waals surface area contributed by atoms with Crippen molar-refractivity contribution in [2.24, 2.45) is 0 Å². The van der Waals surface area contributed by atoms with Crippen molar-refractivity contribution >= 4 is 22.6 Å². The summed E-state index contributed by atoms with van der Waals surface area (Å²) in [6.07, 6.45) is 0.484. The molecule has 0 bridgehead atoms. The fourth-order valence-electron chi connectivity index (χ4n) is 0.312. The highest BCUT2D eigenvalue weighted by Gasteiger charge is 2.45. The van der Waals surface area contributed by atoms with Crippen LogP contribution < -0.4 is 0 Å². The van der Waals surface area contributed by atoms with Crippen LogP contribution in [0.2, 0.25) is 0 Å². The van der Waals surface area contributed by atoms with Crippen molar-refractivity contribution in [3.8, 4) is 0 Å². The lowest BCUT2D eigenvalue weighted by Gasteiger charge is -1.81. The molecule has 0 aliphatic carbocycles. The summed E-state index contributed by atoms with van der Waals surface area (Å²) < 4.78 is 5.27. The number of ether oxygens (including phenoxy) is 1. The summed E-state index contributed by atoms with van der Waals surface area (Å²) in [6, 6.07) is 0. The Kier molecular flexibility index (Phi) is 0.883. The first kappa shape index (κ1) is 4.84. The van der Waals surface area contributed by atoms with E-state index in [2.05, 4.69) is 36.4 Å². The Morgan fingerprint density at radius 2 is 2.00 bits per heavy atom. The third kappa shape index (κ3) is 0.680. The molecule has 36 valence electrons. The van der Waals surface area contributed by atoms with Crippen LogP contribution in [0.1, 0.15) is 13.8 Å². The zero-order valence-corrected chi connectivity index (χ0v) is 6.02. The predicted octanol–water partition coefficient (Wildman–Crippen LogP) is 1.56. The quantitative estimate of drug-likeness (QED) is 0.327. The lowest BCUT2D eigenvalue weighted by molar-refractivity contribution is 0.381. The molecule has 2 unspecified atom stereocenters. The monoisotopic (exact) mass is 198 g/mol. The zero-order chi connectivity index (χ0) is 4.78. The molecule has 0 radical (unpaired) electrons. The highest BCUT2D eigenvalue weighted by molar-refractivity contribution is 14.1. The van der Waals surface area contributed by atoms with Crippen molar-refractivity contribution in [1.29, 1.82) is 0 Å². The molecule has 1 saturated heterocycles. The van der Waals surface area contributed by atoms with E-state index in [1.807, 2.05) is 0 Å². The first-order valence-corrected chi connectivity index (χ1v) is 3.07. The molecule has 1 fully saturated rings. The topological polar surface area (TPSA) is 12.5 Å². The highest BCUT2D eigenvalue weighted by Crippen LogP contribution is 2.41. The fraction of sp³-hybridized carbons (Fsp3) is 1.00. The Labute approximate surface area is 51.2 Å². The average molecular weight is 198 g/mol. The van der Waals surface area contributed by atoms with Gasteiger partial charge >= 0.3 is 0 Å². The number of alkyl halides is 1. The maximum absolute atomic E-state index is 5.09. The average Bonchev–Trinajstić information content (AvgIpc) is 1.73. The van der Waals surface area contributed by atoms with Crippen LogP contribution in [-0.4, -0.2) is 9.71 Å². The number of hydrogen-bond acceptors (Lipinski definition) is 1. The molecule has 0 aromatic heterocycles. The van der Waals surface area contributed by atoms with E-state index in [9.17, 15) is 0 Å². The predicted molar refractivity (Wildman–Crippen MR) is 33.0 cm³/mol. The van der Waals surface area contributed by atoms with Gasteiger partial charge in [-0.3, -0.25) is 0 Å². The summed E-state index contributed by atoms with van der Waals surface area (Å²) in [5, 5.41) is 0. The minimum Gasteiger partial charge on any atom is -0.355 e. The van der Waals surface area contributed by atoms with E-state index in [0.29, 0.717) is 6.10 Å². The molecular formula is C4H7IO. The van der Waals surface area contributed by atoms with Crippen LogP contribution >= 0.6 is 22.6 Å². The molecule has 2 heteroatoms. The van der Waals surface area contributed by atoms with E-state index < -0.39 is 0 Å². The maximum Gasteiger partial charge on any atom is 0.142 e. The minimum absolute atomic E-state index is 0.178. The van der Waals surface area contributed by atoms with Crippen molar-refractivity contribution < 1.29 is 4.74 Å². The van der Waals surface area contributed by atoms with Crippen LogP contribution in [0.4, 0.5) is 0 Å². The van der Waals surface area contributed by atoms with Crippen LogP contribution in [0.5, 0.6) is 0 Å². The lowest BCUT2D eigenvalue weighted by atomic mass is 10.4. The zero-order valence-electron chi connectivity index (χ0n) is 3.86. The molecule has 0 saturated carbocycles. The van der Waals surface area contributed by atoms with Gasteiger partial charge in [0.2, 0.25) is 0 Å². The smallest absolute Gasteiger partial charge is 0.142 e. The maximum atomic E-state index is 5.09. The molecule has 1 rings (SSSR count). The molecule has 0 amide bonds. The Balaban J connectivity index is 2.41. The molecule has 1 heterocycles. The van der Waals surface area contributed by atoms with Gasteiger partial charge in [0.25, 0.3) is 0 Å². The van der Waals surface area contributed by atoms with Gasteiger partial charge in [-0.15, -0.1) is 0 Å². The van der Waals surface area contributed by atoms with Gasteiger partial charge in [0.1, 0.15) is 3.61 Å². The largest absolute Gasteiger partial charge is 0.355 e. The molecule has 0 N–H and O–H groups in total. The van der Waals surface area contributed by atoms with Crippen LogP contribution in [0.15, 0.2) is 0 Å². The van der Waals surface area contributed by atoms with Crippen LogP contribution in [0.25, 0.3) is 0 Å². The Hall–Kier alpha value is 0.690. The SMILES string of the molecule is CC1OC1(C)I. The summed E-state index contributed by atoms with van der Waals surface area (Å²) in [5.41, 5.74) is 0. The van der Waals surface area contributed by atoms with Crippen molar-refractivity contribution in [2.45, 2.75) is 23.6 Å². The fourth-order valence-corrected chi connectivity index (χ4v) is 0.693. The van der Waals surface area contributed by atoms with E-state index in [1.54, 1.807) is 0 Å². The minimum atomic E-state index is 0.178. The molecule has 1 aliphatic rings. The van der Waals surface area contributed by atoms with Gasteiger partial charge in [-0.25, -0.2) is 0 Å². The van der Waals surface area contributed by atoms with E-state index in [0.717, 1.165) is 0 Å². The Morgan fingerprint density at radius 1 is 1.83 bits per heavy atom. The van der Waals surface area contributed by atoms with Gasteiger partial charge in [-0.2, -0.15) is 0 Å². The normalized spacial score (nSPS) is 55.5. The molecular weight excluding hydrogens is 191 g/mol. The van der Waals surface area contributed by atoms with Crippen LogP contribution in [-0.2, 0) is 4.74 Å². The molecule has 6 heavy (non-hydrogen) atoms. The molecule has 1 nitrogen and oxygen atoms in total. The van der Waals surface area contributed by atoms with Crippen molar-refractivity contribution in [2.75, 3.05) is 0 Å². The second-order valence-electron chi connectivity index (χ2n) is 1.75. The molecule has 0 spiro atoms. The standard InChI is InChI=1S/C4H7IO/c1-3-4(2,5)6-3/h3H,1-2H3.